The number of hydrogen-bond acceptors (Lipinski definition) is 3. The molecular weight excluding hydrogens is 234 g/mol. The summed E-state index contributed by atoms with van der Waals surface area (Å²) in [4.78, 5) is 9.23. The van der Waals surface area contributed by atoms with Gasteiger partial charge in [0.15, 0.2) is 6.10 Å². The van der Waals surface area contributed by atoms with E-state index in [1.165, 1.54) is 0 Å². The lowest BCUT2D eigenvalue weighted by atomic mass is 10.1. The lowest BCUT2D eigenvalue weighted by molar-refractivity contribution is -0.385. The summed E-state index contributed by atoms with van der Waals surface area (Å²) in [7, 11) is 0. The van der Waals surface area contributed by atoms with Crippen molar-refractivity contribution in [3.8, 4) is 0 Å². The van der Waals surface area contributed by atoms with Crippen LogP contribution in [0.1, 0.15) is 11.7 Å². The zero-order valence-corrected chi connectivity index (χ0v) is 7.53. The monoisotopic (exact) mass is 239 g/mol. The molecule has 1 aromatic rings. The minimum Gasteiger partial charge on any atom is -0.379 e. The third-order valence-electron chi connectivity index (χ3n) is 1.80. The van der Waals surface area contributed by atoms with E-state index in [1.54, 1.807) is 0 Å². The zero-order valence-electron chi connectivity index (χ0n) is 7.53. The molecule has 1 atom stereocenters. The summed E-state index contributed by atoms with van der Waals surface area (Å²) in [5.41, 5.74) is -1.73. The fourth-order valence-electron chi connectivity index (χ4n) is 1.03. The van der Waals surface area contributed by atoms with Crippen LogP contribution < -0.4 is 0 Å². The molecule has 0 spiro atoms. The Morgan fingerprint density at radius 1 is 1.38 bits per heavy atom. The van der Waals surface area contributed by atoms with Crippen LogP contribution in [0, 0.1) is 15.9 Å². The number of non-ortho nitro benzene ring substituents is 1. The zero-order chi connectivity index (χ0) is 12.5. The fourth-order valence-corrected chi connectivity index (χ4v) is 1.03. The second kappa shape index (κ2) is 4.05. The van der Waals surface area contributed by atoms with Crippen molar-refractivity contribution in [1.29, 1.82) is 0 Å². The topological polar surface area (TPSA) is 63.4 Å². The van der Waals surface area contributed by atoms with Crippen molar-refractivity contribution in [2.24, 2.45) is 0 Å². The lowest BCUT2D eigenvalue weighted by Crippen LogP contribution is -2.21. The molecule has 0 saturated heterocycles. The van der Waals surface area contributed by atoms with Crippen molar-refractivity contribution in [3.63, 3.8) is 0 Å². The van der Waals surface area contributed by atoms with Gasteiger partial charge in [0, 0.05) is 11.6 Å². The summed E-state index contributed by atoms with van der Waals surface area (Å²) in [5, 5.41) is 18.9. The molecule has 1 rings (SSSR count). The maximum absolute atomic E-state index is 13.0. The number of aliphatic hydroxyl groups excluding tert-OH is 1. The lowest BCUT2D eigenvalue weighted by Gasteiger charge is -2.14. The summed E-state index contributed by atoms with van der Waals surface area (Å²) in [6.07, 6.45) is -8.01. The van der Waals surface area contributed by atoms with Crippen LogP contribution in [0.3, 0.4) is 0 Å². The van der Waals surface area contributed by atoms with Gasteiger partial charge in [-0.3, -0.25) is 10.1 Å². The van der Waals surface area contributed by atoms with Gasteiger partial charge in [-0.2, -0.15) is 13.2 Å². The van der Waals surface area contributed by atoms with Crippen LogP contribution in [0.15, 0.2) is 18.2 Å². The summed E-state index contributed by atoms with van der Waals surface area (Å²) >= 11 is 0. The van der Waals surface area contributed by atoms with Crippen molar-refractivity contribution in [3.05, 3.63) is 39.7 Å². The maximum atomic E-state index is 13.0. The highest BCUT2D eigenvalue weighted by Gasteiger charge is 2.41. The van der Waals surface area contributed by atoms with E-state index in [-0.39, 0.29) is 0 Å². The van der Waals surface area contributed by atoms with Crippen LogP contribution in [0.5, 0.6) is 0 Å². The van der Waals surface area contributed by atoms with Crippen molar-refractivity contribution < 1.29 is 27.6 Å². The molecule has 0 aliphatic carbocycles. The van der Waals surface area contributed by atoms with Gasteiger partial charge >= 0.3 is 6.18 Å². The van der Waals surface area contributed by atoms with Crippen molar-refractivity contribution in [2.75, 3.05) is 0 Å². The average Bonchev–Trinajstić information content (AvgIpc) is 2.15. The van der Waals surface area contributed by atoms with E-state index < -0.39 is 34.3 Å². The van der Waals surface area contributed by atoms with Gasteiger partial charge in [0.05, 0.1) is 11.0 Å². The Hall–Kier alpha value is -1.70. The van der Waals surface area contributed by atoms with Crippen LogP contribution >= 0.6 is 0 Å². The van der Waals surface area contributed by atoms with Gasteiger partial charge in [-0.05, 0) is 6.07 Å². The van der Waals surface area contributed by atoms with Gasteiger partial charge in [0.2, 0.25) is 0 Å². The van der Waals surface area contributed by atoms with Crippen LogP contribution in [0.4, 0.5) is 23.2 Å². The molecule has 0 amide bonds. The van der Waals surface area contributed by atoms with E-state index in [0.29, 0.717) is 18.2 Å². The molecule has 16 heavy (non-hydrogen) atoms. The Labute approximate surface area is 86.3 Å². The molecule has 0 aliphatic heterocycles. The second-order valence-electron chi connectivity index (χ2n) is 2.91. The highest BCUT2D eigenvalue weighted by molar-refractivity contribution is 5.35. The SMILES string of the molecule is O=[N+]([O-])c1ccc(C(O)C(F)(F)F)c(F)c1. The number of nitrogens with zero attached hydrogens (tertiary/aromatic N) is 1. The van der Waals surface area contributed by atoms with Gasteiger partial charge in [-0.25, -0.2) is 4.39 Å². The highest BCUT2D eigenvalue weighted by atomic mass is 19.4. The predicted molar refractivity (Wildman–Crippen MR) is 44.1 cm³/mol. The minimum atomic E-state index is -5.02. The molecule has 4 nitrogen and oxygen atoms in total. The number of rotatable bonds is 2. The van der Waals surface area contributed by atoms with Gasteiger partial charge in [0.25, 0.3) is 5.69 Å². The largest absolute Gasteiger partial charge is 0.418 e. The van der Waals surface area contributed by atoms with Crippen molar-refractivity contribution in [1.82, 2.24) is 0 Å². The van der Waals surface area contributed by atoms with E-state index in [0.717, 1.165) is 0 Å². The summed E-state index contributed by atoms with van der Waals surface area (Å²) in [6, 6.07) is 1.54. The Balaban J connectivity index is 3.13. The minimum absolute atomic E-state index is 0.324. The molecule has 8 heteroatoms. The number of nitro benzene ring substituents is 1. The normalized spacial score (nSPS) is 13.6. The first-order chi connectivity index (χ1) is 7.23. The van der Waals surface area contributed by atoms with E-state index >= 15 is 0 Å². The third kappa shape index (κ3) is 2.45. The molecule has 88 valence electrons. The maximum Gasteiger partial charge on any atom is 0.418 e. The van der Waals surface area contributed by atoms with E-state index in [1.807, 2.05) is 0 Å². The molecule has 0 fully saturated rings. The summed E-state index contributed by atoms with van der Waals surface area (Å²) < 4.78 is 49.1. The van der Waals surface area contributed by atoms with Crippen LogP contribution in [-0.2, 0) is 0 Å². The smallest absolute Gasteiger partial charge is 0.379 e. The number of alkyl halides is 3. The number of nitro groups is 1. The fraction of sp³-hybridized carbons (Fsp3) is 0.250. The van der Waals surface area contributed by atoms with Gasteiger partial charge in [-0.1, -0.05) is 0 Å². The summed E-state index contributed by atoms with van der Waals surface area (Å²) in [6.45, 7) is 0. The average molecular weight is 239 g/mol. The molecule has 0 heterocycles. The van der Waals surface area contributed by atoms with E-state index in [2.05, 4.69) is 0 Å². The molecular formula is C8H5F4NO3. The second-order valence-corrected chi connectivity index (χ2v) is 2.91. The van der Waals surface area contributed by atoms with Gasteiger partial charge in [0.1, 0.15) is 5.82 Å². The Bertz CT molecular complexity index is 418. The Morgan fingerprint density at radius 3 is 2.31 bits per heavy atom. The summed E-state index contributed by atoms with van der Waals surface area (Å²) in [5.74, 6) is -1.47. The van der Waals surface area contributed by atoms with Gasteiger partial charge < -0.3 is 5.11 Å². The van der Waals surface area contributed by atoms with Crippen molar-refractivity contribution in [2.45, 2.75) is 12.3 Å². The van der Waals surface area contributed by atoms with Gasteiger partial charge in [-0.15, -0.1) is 0 Å². The first-order valence-electron chi connectivity index (χ1n) is 3.92. The van der Waals surface area contributed by atoms with E-state index in [9.17, 15) is 27.7 Å². The first-order valence-corrected chi connectivity index (χ1v) is 3.92. The molecule has 0 radical (unpaired) electrons. The molecule has 1 unspecified atom stereocenters. The quantitative estimate of drug-likeness (QED) is 0.489. The van der Waals surface area contributed by atoms with Crippen LogP contribution in [0.2, 0.25) is 0 Å². The molecule has 1 aromatic carbocycles. The standard InChI is InChI=1S/C8H5F4NO3/c9-6-3-4(13(15)16)1-2-5(6)7(14)8(10,11)12/h1-3,7,14H. The Kier molecular flexibility index (Phi) is 3.13. The number of aliphatic hydroxyl groups is 1. The Morgan fingerprint density at radius 2 is 1.94 bits per heavy atom. The molecule has 0 aromatic heterocycles. The first kappa shape index (κ1) is 12.4. The molecule has 0 aliphatic rings. The number of halogens is 4. The molecule has 0 saturated carbocycles. The van der Waals surface area contributed by atoms with Crippen molar-refractivity contribution >= 4 is 5.69 Å². The van der Waals surface area contributed by atoms with Crippen LogP contribution in [0.25, 0.3) is 0 Å². The predicted octanol–water partition coefficient (Wildman–Crippen LogP) is 2.33. The number of benzene rings is 1. The van der Waals surface area contributed by atoms with E-state index in [4.69, 9.17) is 5.11 Å². The third-order valence-corrected chi connectivity index (χ3v) is 1.80. The number of hydrogen-bond donors (Lipinski definition) is 1. The molecule has 1 N–H and O–H groups in total. The molecule has 0 bridgehead atoms. The highest BCUT2D eigenvalue weighted by Crippen LogP contribution is 2.34. The van der Waals surface area contributed by atoms with Crippen LogP contribution in [-0.4, -0.2) is 16.2 Å².